The van der Waals surface area contributed by atoms with Crippen LogP contribution in [-0.2, 0) is 4.79 Å². The highest BCUT2D eigenvalue weighted by atomic mass is 35.5. The minimum atomic E-state index is -0.481. The van der Waals surface area contributed by atoms with Gasteiger partial charge in [-0.1, -0.05) is 0 Å². The van der Waals surface area contributed by atoms with E-state index in [0.717, 1.165) is 5.69 Å². The minimum absolute atomic E-state index is 0.0217. The van der Waals surface area contributed by atoms with E-state index in [0.29, 0.717) is 37.9 Å². The topological polar surface area (TPSA) is 62.5 Å². The van der Waals surface area contributed by atoms with Crippen LogP contribution in [0.4, 0.5) is 5.95 Å². The molecule has 6 nitrogen and oxygen atoms in total. The minimum Gasteiger partial charge on any atom is -0.463 e. The van der Waals surface area contributed by atoms with Gasteiger partial charge in [-0.3, -0.25) is 4.79 Å². The summed E-state index contributed by atoms with van der Waals surface area (Å²) >= 11 is 5.85. The molecule has 1 aliphatic rings. The molecule has 1 fully saturated rings. The quantitative estimate of drug-likeness (QED) is 0.810. The van der Waals surface area contributed by atoms with Gasteiger partial charge in [-0.15, -0.1) is 11.6 Å². The average molecular weight is 321 g/mol. The number of hydrogen-bond acceptors (Lipinski definition) is 5. The molecule has 0 N–H and O–H groups in total. The van der Waals surface area contributed by atoms with E-state index >= 15 is 0 Å². The van der Waals surface area contributed by atoms with Crippen LogP contribution in [-0.4, -0.2) is 52.3 Å². The number of amides is 1. The number of anilines is 1. The predicted octanol–water partition coefficient (Wildman–Crippen LogP) is 2.01. The first-order chi connectivity index (χ1) is 10.6. The van der Waals surface area contributed by atoms with Gasteiger partial charge in [0.1, 0.15) is 11.1 Å². The number of alkyl halides is 1. The predicted molar refractivity (Wildman–Crippen MR) is 83.8 cm³/mol. The number of hydrogen-bond donors (Lipinski definition) is 0. The summed E-state index contributed by atoms with van der Waals surface area (Å²) in [6.07, 6.45) is 3.34. The van der Waals surface area contributed by atoms with E-state index in [1.165, 1.54) is 0 Å². The molecule has 3 rings (SSSR count). The molecule has 7 heteroatoms. The van der Waals surface area contributed by atoms with E-state index in [1.807, 2.05) is 18.2 Å². The van der Waals surface area contributed by atoms with Gasteiger partial charge >= 0.3 is 0 Å². The molecule has 116 valence electrons. The summed E-state index contributed by atoms with van der Waals surface area (Å²) in [5.41, 5.74) is 0.753. The van der Waals surface area contributed by atoms with E-state index < -0.39 is 5.38 Å². The second-order valence-electron chi connectivity index (χ2n) is 5.15. The monoisotopic (exact) mass is 320 g/mol. The third-order valence-electron chi connectivity index (χ3n) is 3.63. The van der Waals surface area contributed by atoms with Crippen LogP contribution >= 0.6 is 11.6 Å². The highest BCUT2D eigenvalue weighted by Gasteiger charge is 2.25. The van der Waals surface area contributed by atoms with Crippen molar-refractivity contribution in [2.45, 2.75) is 12.3 Å². The summed E-state index contributed by atoms with van der Waals surface area (Å²) in [4.78, 5) is 24.6. The molecule has 1 saturated heterocycles. The lowest BCUT2D eigenvalue weighted by Crippen LogP contribution is -2.50. The first kappa shape index (κ1) is 14.8. The standard InChI is InChI=1S/C15H17ClN4O2/c1-11(16)14(21)19-6-8-20(9-7-19)15-17-5-4-12(18-15)13-3-2-10-22-13/h2-5,10-11H,6-9H2,1H3/t11-/m0/s1. The van der Waals surface area contributed by atoms with Crippen molar-refractivity contribution in [1.29, 1.82) is 0 Å². The largest absolute Gasteiger partial charge is 0.463 e. The molecule has 1 atom stereocenters. The van der Waals surface area contributed by atoms with E-state index in [2.05, 4.69) is 14.9 Å². The summed E-state index contributed by atoms with van der Waals surface area (Å²) < 4.78 is 5.36. The van der Waals surface area contributed by atoms with Crippen LogP contribution in [0.5, 0.6) is 0 Å². The van der Waals surface area contributed by atoms with Crippen molar-refractivity contribution in [3.8, 4) is 11.5 Å². The smallest absolute Gasteiger partial charge is 0.240 e. The Balaban J connectivity index is 1.69. The maximum Gasteiger partial charge on any atom is 0.240 e. The molecule has 0 bridgehead atoms. The van der Waals surface area contributed by atoms with Gasteiger partial charge in [0.25, 0.3) is 0 Å². The molecule has 0 aliphatic carbocycles. The van der Waals surface area contributed by atoms with Crippen molar-refractivity contribution < 1.29 is 9.21 Å². The molecule has 1 amide bonds. The Kier molecular flexibility index (Phi) is 4.29. The Morgan fingerprint density at radius 1 is 1.32 bits per heavy atom. The molecule has 2 aromatic heterocycles. The SMILES string of the molecule is C[C@H](Cl)C(=O)N1CCN(c2nccc(-c3ccco3)n2)CC1. The van der Waals surface area contributed by atoms with Crippen LogP contribution in [0.2, 0.25) is 0 Å². The van der Waals surface area contributed by atoms with E-state index in [4.69, 9.17) is 16.0 Å². The maximum atomic E-state index is 11.9. The third kappa shape index (κ3) is 3.06. The zero-order valence-electron chi connectivity index (χ0n) is 12.3. The first-order valence-corrected chi connectivity index (χ1v) is 7.63. The Hall–Kier alpha value is -2.08. The van der Waals surface area contributed by atoms with Crippen molar-refractivity contribution in [2.24, 2.45) is 0 Å². The molecular weight excluding hydrogens is 304 g/mol. The second-order valence-corrected chi connectivity index (χ2v) is 5.80. The molecule has 3 heterocycles. The van der Waals surface area contributed by atoms with Crippen LogP contribution in [0.15, 0.2) is 35.1 Å². The average Bonchev–Trinajstić information content (AvgIpc) is 3.09. The number of furan rings is 1. The number of carbonyl (C=O) groups excluding carboxylic acids is 1. The van der Waals surface area contributed by atoms with Crippen LogP contribution in [0.25, 0.3) is 11.5 Å². The Bertz CT molecular complexity index is 637. The van der Waals surface area contributed by atoms with Gasteiger partial charge in [-0.25, -0.2) is 9.97 Å². The highest BCUT2D eigenvalue weighted by molar-refractivity contribution is 6.30. The Morgan fingerprint density at radius 3 is 2.73 bits per heavy atom. The van der Waals surface area contributed by atoms with Crippen LogP contribution in [0.3, 0.4) is 0 Å². The van der Waals surface area contributed by atoms with Gasteiger partial charge in [0.05, 0.1) is 6.26 Å². The number of piperazine rings is 1. The molecule has 0 saturated carbocycles. The second kappa shape index (κ2) is 6.36. The van der Waals surface area contributed by atoms with Crippen LogP contribution in [0, 0.1) is 0 Å². The Labute approximate surface area is 133 Å². The summed E-state index contributed by atoms with van der Waals surface area (Å²) in [5, 5.41) is -0.481. The molecule has 0 spiro atoms. The Morgan fingerprint density at radius 2 is 2.09 bits per heavy atom. The van der Waals surface area contributed by atoms with E-state index in [9.17, 15) is 4.79 Å². The number of nitrogens with zero attached hydrogens (tertiary/aromatic N) is 4. The van der Waals surface area contributed by atoms with Gasteiger partial charge in [0.15, 0.2) is 5.76 Å². The van der Waals surface area contributed by atoms with Gasteiger partial charge in [0, 0.05) is 32.4 Å². The van der Waals surface area contributed by atoms with Crippen molar-refractivity contribution in [2.75, 3.05) is 31.1 Å². The number of aromatic nitrogens is 2. The summed E-state index contributed by atoms with van der Waals surface area (Å²) in [7, 11) is 0. The van der Waals surface area contributed by atoms with E-state index in [1.54, 1.807) is 24.3 Å². The number of carbonyl (C=O) groups is 1. The van der Waals surface area contributed by atoms with Gasteiger partial charge in [0.2, 0.25) is 11.9 Å². The summed E-state index contributed by atoms with van der Waals surface area (Å²) in [6, 6.07) is 5.51. The molecule has 22 heavy (non-hydrogen) atoms. The highest BCUT2D eigenvalue weighted by Crippen LogP contribution is 2.20. The normalized spacial score (nSPS) is 16.6. The van der Waals surface area contributed by atoms with Crippen LogP contribution in [0.1, 0.15) is 6.92 Å². The first-order valence-electron chi connectivity index (χ1n) is 7.20. The van der Waals surface area contributed by atoms with Crippen LogP contribution < -0.4 is 4.90 Å². The zero-order chi connectivity index (χ0) is 15.5. The summed E-state index contributed by atoms with van der Waals surface area (Å²) in [5.74, 6) is 1.35. The van der Waals surface area contributed by atoms with Crippen molar-refractivity contribution in [3.63, 3.8) is 0 Å². The molecule has 1 aliphatic heterocycles. The fraction of sp³-hybridized carbons (Fsp3) is 0.400. The lowest BCUT2D eigenvalue weighted by Gasteiger charge is -2.35. The van der Waals surface area contributed by atoms with Crippen molar-refractivity contribution >= 4 is 23.5 Å². The molecule has 0 aromatic carbocycles. The third-order valence-corrected chi connectivity index (χ3v) is 3.82. The zero-order valence-corrected chi connectivity index (χ0v) is 13.0. The van der Waals surface area contributed by atoms with Gasteiger partial charge < -0.3 is 14.2 Å². The number of rotatable bonds is 3. The van der Waals surface area contributed by atoms with Gasteiger partial charge in [-0.2, -0.15) is 0 Å². The fourth-order valence-electron chi connectivity index (χ4n) is 2.44. The molecule has 2 aromatic rings. The number of halogens is 1. The van der Waals surface area contributed by atoms with E-state index in [-0.39, 0.29) is 5.91 Å². The van der Waals surface area contributed by atoms with Gasteiger partial charge in [-0.05, 0) is 25.1 Å². The lowest BCUT2D eigenvalue weighted by atomic mass is 10.3. The van der Waals surface area contributed by atoms with Crippen molar-refractivity contribution in [3.05, 3.63) is 30.7 Å². The lowest BCUT2D eigenvalue weighted by molar-refractivity contribution is -0.130. The maximum absolute atomic E-state index is 11.9. The molecule has 0 unspecified atom stereocenters. The summed E-state index contributed by atoms with van der Waals surface area (Å²) in [6.45, 7) is 4.34. The molecular formula is C15H17ClN4O2. The molecule has 0 radical (unpaired) electrons. The van der Waals surface area contributed by atoms with Crippen molar-refractivity contribution in [1.82, 2.24) is 14.9 Å². The fourth-order valence-corrected chi connectivity index (χ4v) is 2.58.